The Hall–Kier alpha value is -1.65. The topological polar surface area (TPSA) is 60.4 Å². The average Bonchev–Trinajstić information content (AvgIpc) is 2.87. The van der Waals surface area contributed by atoms with Crippen LogP contribution in [0.4, 0.5) is 0 Å². The molecular weight excluding hydrogens is 224 g/mol. The maximum Gasteiger partial charge on any atom is 0.115 e. The Kier molecular flexibility index (Phi) is 3.03. The van der Waals surface area contributed by atoms with Crippen molar-refractivity contribution in [1.82, 2.24) is 0 Å². The highest BCUT2D eigenvalue weighted by atomic mass is 32.2. The number of fused-ring (bicyclic) bond motifs is 1. The third-order valence-corrected chi connectivity index (χ3v) is 2.80. The molecule has 1 aromatic rings. The summed E-state index contributed by atoms with van der Waals surface area (Å²) in [5.74, 6) is 0.0641. The average molecular weight is 233 g/mol. The van der Waals surface area contributed by atoms with Gasteiger partial charge in [-0.2, -0.15) is 0 Å². The number of aromatic hydroxyl groups is 1. The minimum atomic E-state index is -2.20. The highest BCUT2D eigenvalue weighted by Gasteiger charge is 2.06. The van der Waals surface area contributed by atoms with Gasteiger partial charge in [0, 0.05) is 4.90 Å². The van der Waals surface area contributed by atoms with E-state index < -0.39 is 11.1 Å². The highest BCUT2D eigenvalue weighted by Crippen LogP contribution is 2.32. The number of rotatable bonds is 1. The lowest BCUT2D eigenvalue weighted by molar-refractivity contribution is 0.474. The predicted molar refractivity (Wildman–Crippen MR) is 60.7 cm³/mol. The second-order valence-corrected chi connectivity index (χ2v) is 4.25. The number of hydrogen-bond donors (Lipinski definition) is 1. The standard InChI is InChI=1S/C6H6O3S.C6H4/c7-5-1-3-6(4-2-5)10(8)9;1-2-5-4-6(5)3-1/h1-4,7H,(H,8,9);1-4H/p-1. The molecule has 0 saturated heterocycles. The third-order valence-electron chi connectivity index (χ3n) is 2.14. The summed E-state index contributed by atoms with van der Waals surface area (Å²) in [6.07, 6.45) is 0. The molecule has 0 spiro atoms. The fourth-order valence-corrected chi connectivity index (χ4v) is 1.59. The van der Waals surface area contributed by atoms with Crippen LogP contribution in [0.5, 0.6) is 5.75 Å². The van der Waals surface area contributed by atoms with Crippen LogP contribution in [-0.4, -0.2) is 13.9 Å². The fourth-order valence-electron chi connectivity index (χ4n) is 1.23. The van der Waals surface area contributed by atoms with Gasteiger partial charge in [-0.1, -0.05) is 18.2 Å². The van der Waals surface area contributed by atoms with Gasteiger partial charge in [-0.25, -0.2) is 0 Å². The molecule has 1 atom stereocenters. The first-order valence-electron chi connectivity index (χ1n) is 4.65. The molecule has 0 fully saturated rings. The van der Waals surface area contributed by atoms with Crippen molar-refractivity contribution in [2.24, 2.45) is 0 Å². The second-order valence-electron chi connectivity index (χ2n) is 3.31. The summed E-state index contributed by atoms with van der Waals surface area (Å²) in [4.78, 5) is 0.179. The molecule has 1 unspecified atom stereocenters. The monoisotopic (exact) mass is 233 g/mol. The number of hydrogen-bond acceptors (Lipinski definition) is 3. The van der Waals surface area contributed by atoms with Crippen molar-refractivity contribution in [1.29, 1.82) is 0 Å². The molecular formula is C12H9O3S-. The molecule has 1 N–H and O–H groups in total. The summed E-state index contributed by atoms with van der Waals surface area (Å²) in [5, 5.41) is 8.74. The molecule has 1 aromatic carbocycles. The summed E-state index contributed by atoms with van der Waals surface area (Å²) in [6, 6.07) is 13.8. The van der Waals surface area contributed by atoms with Crippen LogP contribution in [0.3, 0.4) is 0 Å². The summed E-state index contributed by atoms with van der Waals surface area (Å²) < 4.78 is 20.5. The van der Waals surface area contributed by atoms with Crippen LogP contribution in [-0.2, 0) is 11.1 Å². The molecule has 2 aliphatic carbocycles. The number of phenolic OH excluding ortho intramolecular Hbond substituents is 1. The Bertz CT molecular complexity index is 503. The van der Waals surface area contributed by atoms with Crippen molar-refractivity contribution < 1.29 is 13.9 Å². The fraction of sp³-hybridized carbons (Fsp3) is 0. The lowest BCUT2D eigenvalue weighted by Crippen LogP contribution is -1.86. The second kappa shape index (κ2) is 4.47. The minimum absolute atomic E-state index is 0.0641. The van der Waals surface area contributed by atoms with Crippen molar-refractivity contribution >= 4 is 11.1 Å². The van der Waals surface area contributed by atoms with Gasteiger partial charge in [-0.05, 0) is 52.5 Å². The third kappa shape index (κ3) is 2.68. The van der Waals surface area contributed by atoms with E-state index in [9.17, 15) is 8.76 Å². The summed E-state index contributed by atoms with van der Waals surface area (Å²) in [6.45, 7) is 0. The summed E-state index contributed by atoms with van der Waals surface area (Å²) in [5.41, 5.74) is 2.85. The normalized spacial score (nSPS) is 12.3. The minimum Gasteiger partial charge on any atom is -0.768 e. The van der Waals surface area contributed by atoms with Crippen LogP contribution in [0.25, 0.3) is 11.1 Å². The van der Waals surface area contributed by atoms with Crippen LogP contribution < -0.4 is 0 Å². The zero-order valence-electron chi connectivity index (χ0n) is 8.29. The molecule has 4 heteroatoms. The van der Waals surface area contributed by atoms with Gasteiger partial charge in [0.25, 0.3) is 0 Å². The van der Waals surface area contributed by atoms with Crippen LogP contribution in [0.1, 0.15) is 0 Å². The van der Waals surface area contributed by atoms with Crippen LogP contribution in [0.15, 0.2) is 53.4 Å². The lowest BCUT2D eigenvalue weighted by atomic mass is 10.3. The van der Waals surface area contributed by atoms with E-state index in [4.69, 9.17) is 5.11 Å². The number of phenols is 1. The molecule has 0 heterocycles. The van der Waals surface area contributed by atoms with Crippen molar-refractivity contribution in [2.75, 3.05) is 0 Å². The van der Waals surface area contributed by atoms with E-state index in [1.165, 1.54) is 35.4 Å². The van der Waals surface area contributed by atoms with Gasteiger partial charge in [0.2, 0.25) is 0 Å². The summed E-state index contributed by atoms with van der Waals surface area (Å²) in [7, 11) is 0. The molecule has 0 radical (unpaired) electrons. The first-order chi connectivity index (χ1) is 7.66. The van der Waals surface area contributed by atoms with Crippen molar-refractivity contribution in [2.45, 2.75) is 4.90 Å². The Labute approximate surface area is 95.7 Å². The molecule has 82 valence electrons. The number of benzene rings is 2. The maximum absolute atomic E-state index is 10.2. The first-order valence-corrected chi connectivity index (χ1v) is 5.73. The predicted octanol–water partition coefficient (Wildman–Crippen LogP) is 2.30. The Morgan fingerprint density at radius 1 is 1.00 bits per heavy atom. The zero-order chi connectivity index (χ0) is 11.5. The SMILES string of the molecule is O=S([O-])c1ccc(O)cc1.c1cc2cc-2c1. The van der Waals surface area contributed by atoms with Crippen LogP contribution in [0.2, 0.25) is 0 Å². The van der Waals surface area contributed by atoms with E-state index in [-0.39, 0.29) is 10.6 Å². The molecule has 0 aromatic heterocycles. The maximum atomic E-state index is 10.2. The van der Waals surface area contributed by atoms with Gasteiger partial charge in [0.1, 0.15) is 5.75 Å². The van der Waals surface area contributed by atoms with E-state index in [0.29, 0.717) is 0 Å². The first kappa shape index (κ1) is 10.9. The van der Waals surface area contributed by atoms with Crippen molar-refractivity contribution in [3.8, 4) is 16.9 Å². The smallest absolute Gasteiger partial charge is 0.115 e. The van der Waals surface area contributed by atoms with E-state index in [1.807, 2.05) is 0 Å². The molecule has 0 aliphatic heterocycles. The van der Waals surface area contributed by atoms with E-state index >= 15 is 0 Å². The zero-order valence-corrected chi connectivity index (χ0v) is 9.11. The molecule has 16 heavy (non-hydrogen) atoms. The van der Waals surface area contributed by atoms with Crippen molar-refractivity contribution in [3.63, 3.8) is 0 Å². The lowest BCUT2D eigenvalue weighted by Gasteiger charge is -2.02. The largest absolute Gasteiger partial charge is 0.768 e. The van der Waals surface area contributed by atoms with Gasteiger partial charge >= 0.3 is 0 Å². The van der Waals surface area contributed by atoms with Gasteiger partial charge in [-0.15, -0.1) is 0 Å². The van der Waals surface area contributed by atoms with Crippen molar-refractivity contribution in [3.05, 3.63) is 48.5 Å². The molecule has 0 bridgehead atoms. The van der Waals surface area contributed by atoms with E-state index in [2.05, 4.69) is 24.3 Å². The van der Waals surface area contributed by atoms with Gasteiger partial charge in [0.15, 0.2) is 0 Å². The Balaban J connectivity index is 0.000000134. The van der Waals surface area contributed by atoms with E-state index in [0.717, 1.165) is 0 Å². The van der Waals surface area contributed by atoms with E-state index in [1.54, 1.807) is 0 Å². The Morgan fingerprint density at radius 3 is 1.88 bits per heavy atom. The molecule has 0 amide bonds. The molecule has 3 nitrogen and oxygen atoms in total. The molecule has 2 aliphatic rings. The summed E-state index contributed by atoms with van der Waals surface area (Å²) >= 11 is -2.20. The van der Waals surface area contributed by atoms with Gasteiger partial charge in [-0.3, -0.25) is 4.21 Å². The van der Waals surface area contributed by atoms with Gasteiger partial charge in [0.05, 0.1) is 0 Å². The van der Waals surface area contributed by atoms with Gasteiger partial charge < -0.3 is 9.66 Å². The quantitative estimate of drug-likeness (QED) is 0.656. The molecule has 3 rings (SSSR count). The van der Waals surface area contributed by atoms with Crippen LogP contribution in [0, 0.1) is 0 Å². The highest BCUT2D eigenvalue weighted by molar-refractivity contribution is 7.79. The Morgan fingerprint density at radius 2 is 1.56 bits per heavy atom. The van der Waals surface area contributed by atoms with Crippen LogP contribution >= 0.6 is 0 Å². The molecule has 0 saturated carbocycles.